The summed E-state index contributed by atoms with van der Waals surface area (Å²) in [4.78, 5) is 0. The predicted molar refractivity (Wildman–Crippen MR) is 68.0 cm³/mol. The SMILES string of the molecule is CCCCNN1C=CC(CN)=NN1.Cl.Cl. The van der Waals surface area contributed by atoms with Crippen LogP contribution in [0.4, 0.5) is 0 Å². The predicted octanol–water partition coefficient (Wildman–Crippen LogP) is 0.783. The topological polar surface area (TPSA) is 65.7 Å². The minimum atomic E-state index is 0. The van der Waals surface area contributed by atoms with Crippen LogP contribution in [0.25, 0.3) is 0 Å². The molecule has 90 valence electrons. The van der Waals surface area contributed by atoms with Gasteiger partial charge in [0, 0.05) is 19.3 Å². The highest BCUT2D eigenvalue weighted by Gasteiger charge is 2.01. The molecule has 7 heteroatoms. The van der Waals surface area contributed by atoms with Crippen LogP contribution < -0.4 is 16.7 Å². The van der Waals surface area contributed by atoms with Gasteiger partial charge in [0.05, 0.1) is 5.71 Å². The van der Waals surface area contributed by atoms with Crippen molar-refractivity contribution in [3.8, 4) is 0 Å². The number of unbranched alkanes of at least 4 members (excludes halogenated alkanes) is 1. The summed E-state index contributed by atoms with van der Waals surface area (Å²) in [5.74, 6) is 0. The molecule has 1 aliphatic heterocycles. The molecule has 1 heterocycles. The molecule has 0 radical (unpaired) electrons. The standard InChI is InChI=1S/C8H17N5.2ClH/c1-2-3-5-10-13-6-4-8(7-9)11-12-13;;/h4,6,10,12H,2-3,5,7,9H2,1H3;2*1H. The van der Waals surface area contributed by atoms with Crippen molar-refractivity contribution in [2.24, 2.45) is 10.8 Å². The van der Waals surface area contributed by atoms with Crippen LogP contribution in [-0.4, -0.2) is 23.9 Å². The van der Waals surface area contributed by atoms with Gasteiger partial charge in [-0.05, 0) is 12.5 Å². The average Bonchev–Trinajstić information content (AvgIpc) is 2.19. The Morgan fingerprint density at radius 3 is 2.73 bits per heavy atom. The van der Waals surface area contributed by atoms with Gasteiger partial charge in [0.25, 0.3) is 0 Å². The first-order valence-corrected chi connectivity index (χ1v) is 4.60. The van der Waals surface area contributed by atoms with Crippen molar-refractivity contribution in [3.05, 3.63) is 12.3 Å². The van der Waals surface area contributed by atoms with E-state index < -0.39 is 0 Å². The third-order valence-corrected chi connectivity index (χ3v) is 1.74. The maximum absolute atomic E-state index is 5.41. The first-order chi connectivity index (χ1) is 6.36. The van der Waals surface area contributed by atoms with Crippen molar-refractivity contribution in [3.63, 3.8) is 0 Å². The molecule has 0 aliphatic carbocycles. The molecule has 0 aromatic carbocycles. The van der Waals surface area contributed by atoms with Crippen LogP contribution in [0.2, 0.25) is 0 Å². The summed E-state index contributed by atoms with van der Waals surface area (Å²) in [6, 6.07) is 0. The van der Waals surface area contributed by atoms with E-state index >= 15 is 0 Å². The fraction of sp³-hybridized carbons (Fsp3) is 0.625. The molecule has 0 aromatic heterocycles. The average molecular weight is 256 g/mol. The number of rotatable bonds is 5. The second-order valence-corrected chi connectivity index (χ2v) is 2.85. The molecule has 0 saturated carbocycles. The molecule has 0 unspecified atom stereocenters. The molecule has 1 rings (SSSR count). The zero-order chi connectivity index (χ0) is 9.52. The van der Waals surface area contributed by atoms with Gasteiger partial charge >= 0.3 is 0 Å². The van der Waals surface area contributed by atoms with E-state index in [2.05, 4.69) is 23.0 Å². The van der Waals surface area contributed by atoms with E-state index in [0.29, 0.717) is 6.54 Å². The summed E-state index contributed by atoms with van der Waals surface area (Å²) in [5.41, 5.74) is 12.2. The maximum atomic E-state index is 5.41. The number of hydrogen-bond donors (Lipinski definition) is 3. The van der Waals surface area contributed by atoms with Crippen molar-refractivity contribution in [1.29, 1.82) is 0 Å². The summed E-state index contributed by atoms with van der Waals surface area (Å²) in [7, 11) is 0. The molecular weight excluding hydrogens is 237 g/mol. The van der Waals surface area contributed by atoms with E-state index in [4.69, 9.17) is 5.73 Å². The number of hydrazone groups is 1. The zero-order valence-electron chi connectivity index (χ0n) is 8.77. The lowest BCUT2D eigenvalue weighted by Gasteiger charge is -2.23. The van der Waals surface area contributed by atoms with E-state index in [0.717, 1.165) is 18.7 Å². The lowest BCUT2D eigenvalue weighted by Crippen LogP contribution is -2.44. The second-order valence-electron chi connectivity index (χ2n) is 2.85. The van der Waals surface area contributed by atoms with Crippen LogP contribution in [0.5, 0.6) is 0 Å². The summed E-state index contributed by atoms with van der Waals surface area (Å²) in [5, 5.41) is 5.76. The minimum absolute atomic E-state index is 0. The van der Waals surface area contributed by atoms with Gasteiger partial charge in [0.2, 0.25) is 0 Å². The van der Waals surface area contributed by atoms with Gasteiger partial charge in [-0.3, -0.25) is 0 Å². The van der Waals surface area contributed by atoms with Crippen molar-refractivity contribution >= 4 is 30.5 Å². The Hall–Kier alpha value is -0.490. The minimum Gasteiger partial charge on any atom is -0.325 e. The van der Waals surface area contributed by atoms with E-state index in [-0.39, 0.29) is 24.8 Å². The number of hydrogen-bond acceptors (Lipinski definition) is 5. The fourth-order valence-corrected chi connectivity index (χ4v) is 0.927. The van der Waals surface area contributed by atoms with Gasteiger partial charge in [-0.15, -0.1) is 24.8 Å². The Morgan fingerprint density at radius 2 is 2.27 bits per heavy atom. The molecule has 15 heavy (non-hydrogen) atoms. The number of nitrogens with zero attached hydrogens (tertiary/aromatic N) is 2. The molecule has 0 amide bonds. The highest BCUT2D eigenvalue weighted by atomic mass is 35.5. The monoisotopic (exact) mass is 255 g/mol. The van der Waals surface area contributed by atoms with Crippen LogP contribution in [0.3, 0.4) is 0 Å². The molecule has 0 fully saturated rings. The summed E-state index contributed by atoms with van der Waals surface area (Å²) >= 11 is 0. The van der Waals surface area contributed by atoms with Gasteiger partial charge in [0.1, 0.15) is 0 Å². The largest absolute Gasteiger partial charge is 0.325 e. The van der Waals surface area contributed by atoms with Gasteiger partial charge in [-0.1, -0.05) is 13.3 Å². The molecule has 5 nitrogen and oxygen atoms in total. The Bertz CT molecular complexity index is 207. The summed E-state index contributed by atoms with van der Waals surface area (Å²) in [6.45, 7) is 3.57. The van der Waals surface area contributed by atoms with Gasteiger partial charge in [-0.25, -0.2) is 16.1 Å². The molecule has 4 N–H and O–H groups in total. The fourth-order valence-electron chi connectivity index (χ4n) is 0.927. The molecule has 0 bridgehead atoms. The van der Waals surface area contributed by atoms with Crippen LogP contribution in [0, 0.1) is 0 Å². The first-order valence-electron chi connectivity index (χ1n) is 4.60. The third kappa shape index (κ3) is 6.57. The van der Waals surface area contributed by atoms with Crippen molar-refractivity contribution in [2.75, 3.05) is 13.1 Å². The van der Waals surface area contributed by atoms with E-state index in [9.17, 15) is 0 Å². The quantitative estimate of drug-likeness (QED) is 0.636. The molecule has 1 aliphatic rings. The Kier molecular flexibility index (Phi) is 11.3. The van der Waals surface area contributed by atoms with E-state index in [1.165, 1.54) is 6.42 Å². The van der Waals surface area contributed by atoms with Crippen LogP contribution in [0.1, 0.15) is 19.8 Å². The highest BCUT2D eigenvalue weighted by Crippen LogP contribution is 1.91. The van der Waals surface area contributed by atoms with Crippen molar-refractivity contribution < 1.29 is 0 Å². The van der Waals surface area contributed by atoms with Gasteiger partial charge < -0.3 is 5.73 Å². The summed E-state index contributed by atoms with van der Waals surface area (Å²) in [6.07, 6.45) is 6.10. The molecule has 0 saturated heterocycles. The lowest BCUT2D eigenvalue weighted by molar-refractivity contribution is 0.186. The van der Waals surface area contributed by atoms with Crippen LogP contribution in [0.15, 0.2) is 17.4 Å². The Labute approximate surface area is 103 Å². The Morgan fingerprint density at radius 1 is 1.53 bits per heavy atom. The van der Waals surface area contributed by atoms with E-state index in [1.807, 2.05) is 12.3 Å². The summed E-state index contributed by atoms with van der Waals surface area (Å²) < 4.78 is 0. The van der Waals surface area contributed by atoms with E-state index in [1.54, 1.807) is 5.12 Å². The number of halogens is 2. The molecular formula is C8H19Cl2N5. The van der Waals surface area contributed by atoms with Crippen molar-refractivity contribution in [2.45, 2.75) is 19.8 Å². The molecule has 0 spiro atoms. The molecule has 0 aromatic rings. The first kappa shape index (κ1) is 16.9. The van der Waals surface area contributed by atoms with Crippen LogP contribution >= 0.6 is 24.8 Å². The Balaban J connectivity index is 0. The normalized spacial score (nSPS) is 13.5. The number of hydrazine groups is 2. The number of nitrogens with one attached hydrogen (secondary N) is 2. The second kappa shape index (κ2) is 10.0. The highest BCUT2D eigenvalue weighted by molar-refractivity contribution is 5.96. The smallest absolute Gasteiger partial charge is 0.0775 e. The van der Waals surface area contributed by atoms with Gasteiger partial charge in [0.15, 0.2) is 0 Å². The zero-order valence-corrected chi connectivity index (χ0v) is 10.4. The van der Waals surface area contributed by atoms with Crippen LogP contribution in [-0.2, 0) is 0 Å². The third-order valence-electron chi connectivity index (χ3n) is 1.74. The van der Waals surface area contributed by atoms with Crippen molar-refractivity contribution in [1.82, 2.24) is 16.1 Å². The molecule has 0 atom stereocenters. The van der Waals surface area contributed by atoms with Gasteiger partial charge in [-0.2, -0.15) is 5.10 Å². The number of nitrogens with two attached hydrogens (primary N) is 1. The maximum Gasteiger partial charge on any atom is 0.0775 e. The lowest BCUT2D eigenvalue weighted by atomic mass is 10.3.